The molecule has 0 unspecified atom stereocenters. The Hall–Kier alpha value is -3.96. The highest BCUT2D eigenvalue weighted by molar-refractivity contribution is 6.32. The first kappa shape index (κ1) is 27.3. The zero-order chi connectivity index (χ0) is 26.3. The van der Waals surface area contributed by atoms with E-state index >= 15 is 0 Å². The van der Waals surface area contributed by atoms with Crippen LogP contribution in [0.1, 0.15) is 19.0 Å². The first-order chi connectivity index (χ1) is 16.5. The summed E-state index contributed by atoms with van der Waals surface area (Å²) in [6.07, 6.45) is -2.55. The number of carbonyl (C=O) groups excluding carboxylic acids is 2. The smallest absolute Gasteiger partial charge is 0.431 e. The van der Waals surface area contributed by atoms with Crippen LogP contribution < -0.4 is 20.7 Å². The first-order valence-electron chi connectivity index (χ1n) is 9.60. The normalized spacial score (nSPS) is 10.7. The molecule has 2 heterocycles. The fourth-order valence-corrected chi connectivity index (χ4v) is 2.96. The molecule has 9 nitrogen and oxygen atoms in total. The fourth-order valence-electron chi connectivity index (χ4n) is 2.77. The highest BCUT2D eigenvalue weighted by Gasteiger charge is 2.35. The summed E-state index contributed by atoms with van der Waals surface area (Å²) in [6.45, 7) is 2.22. The predicted molar refractivity (Wildman–Crippen MR) is 112 cm³/mol. The van der Waals surface area contributed by atoms with E-state index < -0.39 is 34.6 Å². The van der Waals surface area contributed by atoms with Gasteiger partial charge in [0.2, 0.25) is 0 Å². The van der Waals surface area contributed by atoms with Crippen LogP contribution in [0.15, 0.2) is 46.1 Å². The van der Waals surface area contributed by atoms with Gasteiger partial charge in [-0.15, -0.1) is 0 Å². The maximum Gasteiger partial charge on any atom is 0.431 e. The molecule has 2 aromatic heterocycles. The molecule has 0 aliphatic rings. The van der Waals surface area contributed by atoms with E-state index in [0.29, 0.717) is 13.0 Å². The average Bonchev–Trinajstić information content (AvgIpc) is 2.78. The Balaban J connectivity index is 0.00000137. The van der Waals surface area contributed by atoms with Gasteiger partial charge in [-0.05, 0) is 24.6 Å². The van der Waals surface area contributed by atoms with Crippen LogP contribution in [0.2, 0.25) is 5.02 Å². The molecule has 0 amide bonds. The van der Waals surface area contributed by atoms with Gasteiger partial charge in [0, 0.05) is 25.4 Å². The number of hydrogen-bond donors (Lipinski definition) is 0. The van der Waals surface area contributed by atoms with Crippen molar-refractivity contribution in [3.63, 3.8) is 0 Å². The number of nitrogens with zero attached hydrogens (tertiary/aromatic N) is 3. The Labute approximate surface area is 199 Å². The van der Waals surface area contributed by atoms with Gasteiger partial charge in [-0.3, -0.25) is 9.36 Å². The lowest BCUT2D eigenvalue weighted by molar-refractivity contribution is -0.191. The third-order valence-corrected chi connectivity index (χ3v) is 4.55. The molecule has 3 aromatic rings. The van der Waals surface area contributed by atoms with Crippen molar-refractivity contribution in [2.75, 3.05) is 6.61 Å². The largest absolute Gasteiger partial charge is 0.475 e. The molecule has 35 heavy (non-hydrogen) atoms. The molecular formula is C21H16ClF4N3O6. The predicted octanol–water partition coefficient (Wildman–Crippen LogP) is 3.74. The second kappa shape index (κ2) is 11.4. The summed E-state index contributed by atoms with van der Waals surface area (Å²) < 4.78 is 65.4. The van der Waals surface area contributed by atoms with Crippen LogP contribution in [0.3, 0.4) is 0 Å². The first-order valence-corrected chi connectivity index (χ1v) is 9.98. The molecular weight excluding hydrogens is 502 g/mol. The average molecular weight is 518 g/mol. The van der Waals surface area contributed by atoms with Gasteiger partial charge in [0.15, 0.2) is 5.75 Å². The molecule has 0 bridgehead atoms. The van der Waals surface area contributed by atoms with Crippen LogP contribution in [0, 0.1) is 5.82 Å². The van der Waals surface area contributed by atoms with Gasteiger partial charge in [0.1, 0.15) is 17.3 Å². The lowest BCUT2D eigenvalue weighted by Crippen LogP contribution is -2.41. The molecule has 0 fully saturated rings. The summed E-state index contributed by atoms with van der Waals surface area (Å²) >= 11 is 6.05. The van der Waals surface area contributed by atoms with Crippen molar-refractivity contribution in [1.29, 1.82) is 0 Å². The topological polar surface area (TPSA) is 109 Å². The summed E-state index contributed by atoms with van der Waals surface area (Å²) in [7, 11) is 0.819. The van der Waals surface area contributed by atoms with Gasteiger partial charge in [-0.25, -0.2) is 18.7 Å². The monoisotopic (exact) mass is 517 g/mol. The fraction of sp³-hybridized carbons (Fsp3) is 0.238. The molecule has 0 N–H and O–H groups in total. The SMILES string of the molecule is CCCOc1ncccc1Oc1cc(-n2c(=O)cc(C(F)(F)F)n(C)c2=O)c(F)cc1Cl.O=C=O. The van der Waals surface area contributed by atoms with Crippen molar-refractivity contribution in [3.8, 4) is 23.1 Å². The van der Waals surface area contributed by atoms with E-state index in [0.717, 1.165) is 19.2 Å². The van der Waals surface area contributed by atoms with Gasteiger partial charge in [0.05, 0.1) is 17.3 Å². The molecule has 0 aliphatic heterocycles. The quantitative estimate of drug-likeness (QED) is 0.458. The third kappa shape index (κ3) is 6.34. The third-order valence-electron chi connectivity index (χ3n) is 4.25. The van der Waals surface area contributed by atoms with Crippen LogP contribution >= 0.6 is 11.6 Å². The number of hydrogen-bond acceptors (Lipinski definition) is 7. The zero-order valence-electron chi connectivity index (χ0n) is 18.1. The van der Waals surface area contributed by atoms with Gasteiger partial charge < -0.3 is 9.47 Å². The Bertz CT molecular complexity index is 1360. The summed E-state index contributed by atoms with van der Waals surface area (Å²) in [4.78, 5) is 45.1. The summed E-state index contributed by atoms with van der Waals surface area (Å²) in [6, 6.07) is 4.96. The summed E-state index contributed by atoms with van der Waals surface area (Å²) in [5.41, 5.74) is -4.88. The Morgan fingerprint density at radius 2 is 1.80 bits per heavy atom. The van der Waals surface area contributed by atoms with Crippen molar-refractivity contribution < 1.29 is 36.6 Å². The van der Waals surface area contributed by atoms with Crippen molar-refractivity contribution in [2.24, 2.45) is 7.05 Å². The lowest BCUT2D eigenvalue weighted by atomic mass is 10.2. The van der Waals surface area contributed by atoms with E-state index in [9.17, 15) is 27.2 Å². The lowest BCUT2D eigenvalue weighted by Gasteiger charge is -2.16. The number of rotatable bonds is 6. The number of aromatic nitrogens is 3. The number of ether oxygens (including phenoxy) is 2. The zero-order valence-corrected chi connectivity index (χ0v) is 18.8. The van der Waals surface area contributed by atoms with Crippen LogP contribution in [-0.4, -0.2) is 26.9 Å². The molecule has 3 rings (SSSR count). The number of halogens is 5. The minimum atomic E-state index is -4.95. The van der Waals surface area contributed by atoms with E-state index in [-0.39, 0.29) is 43.8 Å². The van der Waals surface area contributed by atoms with Gasteiger partial charge >= 0.3 is 18.0 Å². The highest BCUT2D eigenvalue weighted by atomic mass is 35.5. The number of alkyl halides is 3. The van der Waals surface area contributed by atoms with E-state index in [2.05, 4.69) is 4.98 Å². The van der Waals surface area contributed by atoms with Crippen molar-refractivity contribution in [1.82, 2.24) is 14.1 Å². The second-order valence-electron chi connectivity index (χ2n) is 6.62. The van der Waals surface area contributed by atoms with Crippen LogP contribution in [0.25, 0.3) is 5.69 Å². The molecule has 0 aliphatic carbocycles. The van der Waals surface area contributed by atoms with E-state index in [1.54, 1.807) is 6.07 Å². The molecule has 0 saturated carbocycles. The minimum Gasteiger partial charge on any atom is -0.475 e. The van der Waals surface area contributed by atoms with E-state index in [1.165, 1.54) is 12.3 Å². The summed E-state index contributed by atoms with van der Waals surface area (Å²) in [5.74, 6) is -1.05. The number of pyridine rings is 1. The maximum atomic E-state index is 14.6. The van der Waals surface area contributed by atoms with Gasteiger partial charge in [-0.2, -0.15) is 22.8 Å². The molecule has 0 radical (unpaired) electrons. The minimum absolute atomic E-state index is 0.119. The highest BCUT2D eigenvalue weighted by Crippen LogP contribution is 2.36. The Morgan fingerprint density at radius 1 is 1.14 bits per heavy atom. The number of benzene rings is 1. The second-order valence-corrected chi connectivity index (χ2v) is 7.02. The van der Waals surface area contributed by atoms with E-state index in [1.807, 2.05) is 6.92 Å². The van der Waals surface area contributed by atoms with Gasteiger partial charge in [0.25, 0.3) is 11.4 Å². The standard InChI is InChI=1S/C20H16ClF4N3O4.CO2/c1-3-7-31-18-14(5-4-6-26-18)32-15-9-13(12(22)8-11(15)21)28-17(29)10-16(20(23,24)25)27(2)19(28)30;2-1-3/h4-6,8-10H,3,7H2,1-2H3;. The molecule has 0 saturated heterocycles. The van der Waals surface area contributed by atoms with Crippen LogP contribution in [-0.2, 0) is 22.8 Å². The maximum absolute atomic E-state index is 14.6. The molecule has 0 atom stereocenters. The molecule has 14 heteroatoms. The van der Waals surface area contributed by atoms with Crippen molar-refractivity contribution >= 4 is 17.8 Å². The van der Waals surface area contributed by atoms with Crippen molar-refractivity contribution in [2.45, 2.75) is 19.5 Å². The molecule has 1 aromatic carbocycles. The Morgan fingerprint density at radius 3 is 2.40 bits per heavy atom. The summed E-state index contributed by atoms with van der Waals surface area (Å²) in [5, 5.41) is -0.215. The Kier molecular flexibility index (Phi) is 8.93. The van der Waals surface area contributed by atoms with Gasteiger partial charge in [-0.1, -0.05) is 18.5 Å². The van der Waals surface area contributed by atoms with Crippen LogP contribution in [0.4, 0.5) is 17.6 Å². The van der Waals surface area contributed by atoms with E-state index in [4.69, 9.17) is 30.7 Å². The molecule has 186 valence electrons. The van der Waals surface area contributed by atoms with Crippen LogP contribution in [0.5, 0.6) is 17.4 Å². The molecule has 0 spiro atoms. The van der Waals surface area contributed by atoms with Crippen molar-refractivity contribution in [3.05, 3.63) is 73.9 Å².